The molecule has 0 unspecified atom stereocenters. The molecule has 1 atom stereocenters. The lowest BCUT2D eigenvalue weighted by atomic mass is 10.1. The van der Waals surface area contributed by atoms with E-state index in [4.69, 9.17) is 9.47 Å². The highest BCUT2D eigenvalue weighted by atomic mass is 16.5. The van der Waals surface area contributed by atoms with E-state index < -0.39 is 6.10 Å². The minimum Gasteiger partial charge on any atom is -0.480 e. The lowest BCUT2D eigenvalue weighted by Crippen LogP contribution is -2.38. The van der Waals surface area contributed by atoms with Gasteiger partial charge in [-0.2, -0.15) is 0 Å². The molecule has 1 amide bonds. The van der Waals surface area contributed by atoms with Gasteiger partial charge in [0, 0.05) is 25.6 Å². The van der Waals surface area contributed by atoms with Crippen molar-refractivity contribution < 1.29 is 14.3 Å². The van der Waals surface area contributed by atoms with Crippen molar-refractivity contribution in [3.05, 3.63) is 42.5 Å². The Morgan fingerprint density at radius 3 is 2.73 bits per heavy atom. The summed E-state index contributed by atoms with van der Waals surface area (Å²) in [6, 6.07) is 13.9. The van der Waals surface area contributed by atoms with Gasteiger partial charge in [-0.05, 0) is 24.3 Å². The van der Waals surface area contributed by atoms with E-state index in [9.17, 15) is 4.79 Å². The Labute approximate surface area is 131 Å². The van der Waals surface area contributed by atoms with Crippen LogP contribution in [0.25, 0.3) is 10.8 Å². The molecular formula is C18H23NO3. The third kappa shape index (κ3) is 4.21. The number of amides is 1. The van der Waals surface area contributed by atoms with Crippen LogP contribution in [0.1, 0.15) is 19.8 Å². The summed E-state index contributed by atoms with van der Waals surface area (Å²) in [7, 11) is 1.65. The zero-order valence-electron chi connectivity index (χ0n) is 13.2. The first kappa shape index (κ1) is 16.3. The number of nitrogens with one attached hydrogen (secondary N) is 1. The second kappa shape index (κ2) is 8.39. The average molecular weight is 301 g/mol. The molecule has 0 radical (unpaired) electrons. The van der Waals surface area contributed by atoms with Crippen LogP contribution in [-0.2, 0) is 9.53 Å². The van der Waals surface area contributed by atoms with E-state index in [0.29, 0.717) is 19.6 Å². The quantitative estimate of drug-likeness (QED) is 0.762. The molecule has 2 aromatic carbocycles. The monoisotopic (exact) mass is 301 g/mol. The molecule has 118 valence electrons. The molecule has 0 aromatic heterocycles. The van der Waals surface area contributed by atoms with Crippen LogP contribution < -0.4 is 10.1 Å². The van der Waals surface area contributed by atoms with E-state index in [1.54, 1.807) is 7.11 Å². The number of rotatable bonds is 8. The van der Waals surface area contributed by atoms with Gasteiger partial charge in [0.1, 0.15) is 5.75 Å². The molecule has 4 nitrogen and oxygen atoms in total. The van der Waals surface area contributed by atoms with Gasteiger partial charge in [-0.25, -0.2) is 0 Å². The summed E-state index contributed by atoms with van der Waals surface area (Å²) in [6.45, 7) is 3.19. The predicted molar refractivity (Wildman–Crippen MR) is 88.2 cm³/mol. The number of hydrogen-bond acceptors (Lipinski definition) is 3. The summed E-state index contributed by atoms with van der Waals surface area (Å²) < 4.78 is 10.9. The smallest absolute Gasteiger partial charge is 0.261 e. The summed E-state index contributed by atoms with van der Waals surface area (Å²) in [5.41, 5.74) is 0. The zero-order chi connectivity index (χ0) is 15.8. The minimum absolute atomic E-state index is 0.0773. The summed E-state index contributed by atoms with van der Waals surface area (Å²) in [5.74, 6) is 0.670. The van der Waals surface area contributed by atoms with Gasteiger partial charge in [0.2, 0.25) is 0 Å². The van der Waals surface area contributed by atoms with Gasteiger partial charge in [-0.1, -0.05) is 43.3 Å². The van der Waals surface area contributed by atoms with Gasteiger partial charge in [0.15, 0.2) is 6.10 Å². The van der Waals surface area contributed by atoms with Crippen molar-refractivity contribution in [1.29, 1.82) is 0 Å². The van der Waals surface area contributed by atoms with Crippen LogP contribution in [0.15, 0.2) is 42.5 Å². The molecule has 0 saturated carbocycles. The number of methoxy groups -OCH3 is 1. The molecule has 0 spiro atoms. The standard InChI is InChI=1S/C18H23NO3/c1-3-16(18(20)19-12-7-13-21-2)22-17-11-6-9-14-8-4-5-10-15(14)17/h4-6,8-11,16H,3,7,12-13H2,1-2H3,(H,19,20)/t16-/m1/s1. The largest absolute Gasteiger partial charge is 0.480 e. The van der Waals surface area contributed by atoms with Crippen LogP contribution in [0.4, 0.5) is 0 Å². The Bertz CT molecular complexity index is 607. The lowest BCUT2D eigenvalue weighted by Gasteiger charge is -2.18. The highest BCUT2D eigenvalue weighted by Gasteiger charge is 2.18. The van der Waals surface area contributed by atoms with Crippen LogP contribution in [0.5, 0.6) is 5.75 Å². The number of carbonyl (C=O) groups excluding carboxylic acids is 1. The second-order valence-electron chi connectivity index (χ2n) is 5.13. The normalized spacial score (nSPS) is 12.1. The number of fused-ring (bicyclic) bond motifs is 1. The fraction of sp³-hybridized carbons (Fsp3) is 0.389. The van der Waals surface area contributed by atoms with Crippen molar-refractivity contribution in [3.8, 4) is 5.75 Å². The number of benzene rings is 2. The maximum atomic E-state index is 12.2. The molecular weight excluding hydrogens is 278 g/mol. The third-order valence-electron chi connectivity index (χ3n) is 3.51. The minimum atomic E-state index is -0.478. The highest BCUT2D eigenvalue weighted by molar-refractivity contribution is 5.89. The van der Waals surface area contributed by atoms with Crippen molar-refractivity contribution >= 4 is 16.7 Å². The summed E-state index contributed by atoms with van der Waals surface area (Å²) in [4.78, 5) is 12.2. The molecule has 2 rings (SSSR count). The second-order valence-corrected chi connectivity index (χ2v) is 5.13. The van der Waals surface area contributed by atoms with E-state index in [0.717, 1.165) is 22.9 Å². The molecule has 0 fully saturated rings. The maximum absolute atomic E-state index is 12.2. The lowest BCUT2D eigenvalue weighted by molar-refractivity contribution is -0.128. The Kier molecular flexibility index (Phi) is 6.22. The Morgan fingerprint density at radius 1 is 1.18 bits per heavy atom. The topological polar surface area (TPSA) is 47.6 Å². The van der Waals surface area contributed by atoms with E-state index in [1.807, 2.05) is 49.4 Å². The number of carbonyl (C=O) groups is 1. The summed E-state index contributed by atoms with van der Waals surface area (Å²) in [5, 5.41) is 5.02. The van der Waals surface area contributed by atoms with E-state index in [2.05, 4.69) is 5.32 Å². The van der Waals surface area contributed by atoms with Crippen LogP contribution in [0.3, 0.4) is 0 Å². The molecule has 0 aliphatic carbocycles. The van der Waals surface area contributed by atoms with E-state index in [-0.39, 0.29) is 5.91 Å². The predicted octanol–water partition coefficient (Wildman–Crippen LogP) is 3.15. The van der Waals surface area contributed by atoms with Crippen LogP contribution in [0, 0.1) is 0 Å². The SMILES string of the molecule is CC[C@@H](Oc1cccc2ccccc12)C(=O)NCCCOC. The summed E-state index contributed by atoms with van der Waals surface area (Å²) >= 11 is 0. The van der Waals surface area contributed by atoms with Crippen LogP contribution in [-0.4, -0.2) is 32.3 Å². The van der Waals surface area contributed by atoms with Crippen molar-refractivity contribution in [2.45, 2.75) is 25.9 Å². The van der Waals surface area contributed by atoms with Crippen LogP contribution >= 0.6 is 0 Å². The van der Waals surface area contributed by atoms with Gasteiger partial charge in [0.05, 0.1) is 0 Å². The molecule has 4 heteroatoms. The summed E-state index contributed by atoms with van der Waals surface area (Å²) in [6.07, 6.45) is 0.945. The van der Waals surface area contributed by atoms with Gasteiger partial charge in [0.25, 0.3) is 5.91 Å². The molecule has 0 aliphatic rings. The maximum Gasteiger partial charge on any atom is 0.261 e. The average Bonchev–Trinajstić information content (AvgIpc) is 2.56. The Balaban J connectivity index is 2.04. The highest BCUT2D eigenvalue weighted by Crippen LogP contribution is 2.26. The van der Waals surface area contributed by atoms with Crippen molar-refractivity contribution in [2.75, 3.05) is 20.3 Å². The van der Waals surface area contributed by atoms with Crippen molar-refractivity contribution in [1.82, 2.24) is 5.32 Å². The first-order valence-electron chi connectivity index (χ1n) is 7.67. The van der Waals surface area contributed by atoms with Gasteiger partial charge in [-0.3, -0.25) is 4.79 Å². The molecule has 2 aromatic rings. The van der Waals surface area contributed by atoms with E-state index in [1.165, 1.54) is 0 Å². The fourth-order valence-electron chi connectivity index (χ4n) is 2.32. The Hall–Kier alpha value is -2.07. The van der Waals surface area contributed by atoms with Gasteiger partial charge < -0.3 is 14.8 Å². The van der Waals surface area contributed by atoms with Crippen molar-refractivity contribution in [2.24, 2.45) is 0 Å². The van der Waals surface area contributed by atoms with Crippen LogP contribution in [0.2, 0.25) is 0 Å². The first-order chi connectivity index (χ1) is 10.8. The van der Waals surface area contributed by atoms with E-state index >= 15 is 0 Å². The number of hydrogen-bond donors (Lipinski definition) is 1. The Morgan fingerprint density at radius 2 is 1.95 bits per heavy atom. The van der Waals surface area contributed by atoms with Gasteiger partial charge >= 0.3 is 0 Å². The first-order valence-corrected chi connectivity index (χ1v) is 7.67. The van der Waals surface area contributed by atoms with Crippen molar-refractivity contribution in [3.63, 3.8) is 0 Å². The molecule has 0 aliphatic heterocycles. The fourth-order valence-corrected chi connectivity index (χ4v) is 2.32. The molecule has 1 N–H and O–H groups in total. The molecule has 0 heterocycles. The zero-order valence-corrected chi connectivity index (χ0v) is 13.2. The molecule has 22 heavy (non-hydrogen) atoms. The molecule has 0 bridgehead atoms. The van der Waals surface area contributed by atoms with Gasteiger partial charge in [-0.15, -0.1) is 0 Å². The third-order valence-corrected chi connectivity index (χ3v) is 3.51. The molecule has 0 saturated heterocycles. The number of ether oxygens (including phenoxy) is 2.